The van der Waals surface area contributed by atoms with E-state index in [1.807, 2.05) is 31.2 Å². The van der Waals surface area contributed by atoms with E-state index in [1.54, 1.807) is 6.08 Å². The van der Waals surface area contributed by atoms with Gasteiger partial charge in [-0.05, 0) is 25.5 Å². The quantitative estimate of drug-likeness (QED) is 0.835. The number of para-hydroxylation sites is 1. The Morgan fingerprint density at radius 1 is 1.43 bits per heavy atom. The van der Waals surface area contributed by atoms with E-state index in [9.17, 15) is 13.2 Å². The molecule has 0 spiro atoms. The number of sulfone groups is 1. The van der Waals surface area contributed by atoms with Gasteiger partial charge in [-0.2, -0.15) is 0 Å². The van der Waals surface area contributed by atoms with Crippen LogP contribution < -0.4 is 10.1 Å². The van der Waals surface area contributed by atoms with Crippen LogP contribution in [-0.2, 0) is 14.6 Å². The van der Waals surface area contributed by atoms with E-state index >= 15 is 0 Å². The van der Waals surface area contributed by atoms with Gasteiger partial charge in [0.2, 0.25) is 5.91 Å². The number of ether oxygens (including phenoxy) is 1. The van der Waals surface area contributed by atoms with Crippen molar-refractivity contribution in [2.24, 2.45) is 0 Å². The van der Waals surface area contributed by atoms with E-state index in [0.717, 1.165) is 5.56 Å². The van der Waals surface area contributed by atoms with Crippen LogP contribution in [0.2, 0.25) is 0 Å². The van der Waals surface area contributed by atoms with Crippen LogP contribution in [0.15, 0.2) is 30.3 Å². The first kappa shape index (κ1) is 15.6. The second-order valence-corrected chi connectivity index (χ2v) is 7.14. The fourth-order valence-electron chi connectivity index (χ4n) is 2.23. The van der Waals surface area contributed by atoms with Crippen molar-refractivity contribution in [1.29, 1.82) is 0 Å². The maximum Gasteiger partial charge on any atom is 0.244 e. The third-order valence-electron chi connectivity index (χ3n) is 3.21. The lowest BCUT2D eigenvalue weighted by Crippen LogP contribution is -2.34. The molecule has 1 atom stereocenters. The van der Waals surface area contributed by atoms with Crippen molar-refractivity contribution >= 4 is 21.8 Å². The second-order valence-electron chi connectivity index (χ2n) is 4.91. The Kier molecular flexibility index (Phi) is 5.01. The number of amides is 1. The van der Waals surface area contributed by atoms with Crippen molar-refractivity contribution in [3.63, 3.8) is 0 Å². The highest BCUT2D eigenvalue weighted by Crippen LogP contribution is 2.19. The highest BCUT2D eigenvalue weighted by molar-refractivity contribution is 7.91. The molecule has 1 aromatic rings. The van der Waals surface area contributed by atoms with Gasteiger partial charge >= 0.3 is 0 Å². The molecule has 1 aliphatic rings. The van der Waals surface area contributed by atoms with Gasteiger partial charge in [-0.15, -0.1) is 0 Å². The largest absolute Gasteiger partial charge is 0.493 e. The number of carbonyl (C=O) groups is 1. The fourth-order valence-corrected chi connectivity index (χ4v) is 3.90. The summed E-state index contributed by atoms with van der Waals surface area (Å²) in [5.74, 6) is 0.604. The van der Waals surface area contributed by atoms with Crippen molar-refractivity contribution in [3.8, 4) is 5.75 Å². The van der Waals surface area contributed by atoms with Crippen LogP contribution in [0.1, 0.15) is 18.9 Å². The molecule has 1 heterocycles. The van der Waals surface area contributed by atoms with Gasteiger partial charge in [-0.25, -0.2) is 8.42 Å². The van der Waals surface area contributed by atoms with Gasteiger partial charge in [0.15, 0.2) is 9.84 Å². The third kappa shape index (κ3) is 4.60. The average Bonchev–Trinajstić information content (AvgIpc) is 2.77. The standard InChI is InChI=1S/C15H19NO4S/c1-2-20-14-6-4-3-5-12(14)7-8-15(17)16-13-9-10-21(18,19)11-13/h3-8,13H,2,9-11H2,1H3,(H,16,17)/b8-7+/t13-/m0/s1. The molecule has 1 aliphatic heterocycles. The third-order valence-corrected chi connectivity index (χ3v) is 4.98. The highest BCUT2D eigenvalue weighted by atomic mass is 32.2. The molecule has 1 aromatic carbocycles. The van der Waals surface area contributed by atoms with Crippen molar-refractivity contribution in [1.82, 2.24) is 5.32 Å². The first-order chi connectivity index (χ1) is 10.00. The summed E-state index contributed by atoms with van der Waals surface area (Å²) in [6, 6.07) is 7.14. The van der Waals surface area contributed by atoms with Crippen LogP contribution >= 0.6 is 0 Å². The number of nitrogens with one attached hydrogen (secondary N) is 1. The maximum atomic E-state index is 11.8. The highest BCUT2D eigenvalue weighted by Gasteiger charge is 2.28. The minimum atomic E-state index is -2.98. The summed E-state index contributed by atoms with van der Waals surface area (Å²) in [5, 5.41) is 2.71. The molecule has 6 heteroatoms. The summed E-state index contributed by atoms with van der Waals surface area (Å²) in [6.07, 6.45) is 3.56. The molecule has 114 valence electrons. The average molecular weight is 309 g/mol. The summed E-state index contributed by atoms with van der Waals surface area (Å²) in [4.78, 5) is 11.8. The molecule has 2 rings (SSSR count). The predicted molar refractivity (Wildman–Crippen MR) is 81.8 cm³/mol. The zero-order valence-corrected chi connectivity index (χ0v) is 12.7. The SMILES string of the molecule is CCOc1ccccc1/C=C/C(=O)N[C@H]1CCS(=O)(=O)C1. The Labute approximate surface area is 124 Å². The summed E-state index contributed by atoms with van der Waals surface area (Å²) in [5.41, 5.74) is 0.813. The Balaban J connectivity index is 1.96. The van der Waals surface area contributed by atoms with E-state index < -0.39 is 9.84 Å². The zero-order valence-electron chi connectivity index (χ0n) is 11.9. The van der Waals surface area contributed by atoms with Gasteiger partial charge in [-0.1, -0.05) is 18.2 Å². The number of hydrogen-bond acceptors (Lipinski definition) is 4. The lowest BCUT2D eigenvalue weighted by molar-refractivity contribution is -0.116. The Hall–Kier alpha value is -1.82. The van der Waals surface area contributed by atoms with E-state index in [-0.39, 0.29) is 23.5 Å². The van der Waals surface area contributed by atoms with E-state index in [1.165, 1.54) is 6.08 Å². The topological polar surface area (TPSA) is 72.5 Å². The van der Waals surface area contributed by atoms with Gasteiger partial charge in [-0.3, -0.25) is 4.79 Å². The summed E-state index contributed by atoms with van der Waals surface area (Å²) in [7, 11) is -2.98. The first-order valence-electron chi connectivity index (χ1n) is 6.91. The maximum absolute atomic E-state index is 11.8. The van der Waals surface area contributed by atoms with Crippen LogP contribution in [0.5, 0.6) is 5.75 Å². The van der Waals surface area contributed by atoms with Gasteiger partial charge in [0.25, 0.3) is 0 Å². The molecule has 1 N–H and O–H groups in total. The molecule has 0 aliphatic carbocycles. The monoisotopic (exact) mass is 309 g/mol. The summed E-state index contributed by atoms with van der Waals surface area (Å²) >= 11 is 0. The van der Waals surface area contributed by atoms with Crippen LogP contribution in [0, 0.1) is 0 Å². The Morgan fingerprint density at radius 3 is 2.86 bits per heavy atom. The molecule has 1 amide bonds. The van der Waals surface area contributed by atoms with Crippen molar-refractivity contribution in [2.45, 2.75) is 19.4 Å². The predicted octanol–water partition coefficient (Wildman–Crippen LogP) is 1.40. The second kappa shape index (κ2) is 6.76. The molecule has 0 bridgehead atoms. The molecule has 1 fully saturated rings. The van der Waals surface area contributed by atoms with E-state index in [0.29, 0.717) is 18.8 Å². The summed E-state index contributed by atoms with van der Waals surface area (Å²) < 4.78 is 28.1. The molecule has 0 radical (unpaired) electrons. The first-order valence-corrected chi connectivity index (χ1v) is 8.73. The molecule has 0 saturated carbocycles. The van der Waals surface area contributed by atoms with Gasteiger partial charge in [0.1, 0.15) is 5.75 Å². The van der Waals surface area contributed by atoms with Crippen LogP contribution in [0.4, 0.5) is 0 Å². The number of benzene rings is 1. The molecule has 0 unspecified atom stereocenters. The Bertz CT molecular complexity index is 637. The van der Waals surface area contributed by atoms with Crippen molar-refractivity contribution in [3.05, 3.63) is 35.9 Å². The number of hydrogen-bond donors (Lipinski definition) is 1. The molecule has 1 saturated heterocycles. The van der Waals surface area contributed by atoms with E-state index in [2.05, 4.69) is 5.32 Å². The van der Waals surface area contributed by atoms with Gasteiger partial charge in [0, 0.05) is 17.7 Å². The van der Waals surface area contributed by atoms with Crippen LogP contribution in [0.3, 0.4) is 0 Å². The van der Waals surface area contributed by atoms with Crippen LogP contribution in [-0.4, -0.2) is 38.5 Å². The lowest BCUT2D eigenvalue weighted by atomic mass is 10.2. The molecule has 0 aromatic heterocycles. The minimum Gasteiger partial charge on any atom is -0.493 e. The number of carbonyl (C=O) groups excluding carboxylic acids is 1. The van der Waals surface area contributed by atoms with Crippen molar-refractivity contribution < 1.29 is 17.9 Å². The van der Waals surface area contributed by atoms with Gasteiger partial charge in [0.05, 0.1) is 18.1 Å². The molecular weight excluding hydrogens is 290 g/mol. The summed E-state index contributed by atoms with van der Waals surface area (Å²) in [6.45, 7) is 2.45. The van der Waals surface area contributed by atoms with Crippen LogP contribution in [0.25, 0.3) is 6.08 Å². The van der Waals surface area contributed by atoms with E-state index in [4.69, 9.17) is 4.74 Å². The lowest BCUT2D eigenvalue weighted by Gasteiger charge is -2.09. The van der Waals surface area contributed by atoms with Gasteiger partial charge < -0.3 is 10.1 Å². The normalized spacial score (nSPS) is 20.5. The fraction of sp³-hybridized carbons (Fsp3) is 0.400. The molecule has 5 nitrogen and oxygen atoms in total. The molecule has 21 heavy (non-hydrogen) atoms. The zero-order chi connectivity index (χ0) is 15.3. The Morgan fingerprint density at radius 2 is 2.19 bits per heavy atom. The minimum absolute atomic E-state index is 0.0299. The molecular formula is C15H19NO4S. The number of rotatable bonds is 5. The smallest absolute Gasteiger partial charge is 0.244 e. The van der Waals surface area contributed by atoms with Crippen molar-refractivity contribution in [2.75, 3.05) is 18.1 Å².